The zero-order valence-corrected chi connectivity index (χ0v) is 13.8. The van der Waals surface area contributed by atoms with Gasteiger partial charge < -0.3 is 9.84 Å². The number of benzene rings is 1. The monoisotopic (exact) mass is 331 g/mol. The highest BCUT2D eigenvalue weighted by molar-refractivity contribution is 5.77. The predicted octanol–water partition coefficient (Wildman–Crippen LogP) is 2.30. The van der Waals surface area contributed by atoms with E-state index in [4.69, 9.17) is 4.52 Å². The highest BCUT2D eigenvalue weighted by Crippen LogP contribution is 2.19. The van der Waals surface area contributed by atoms with E-state index in [1.54, 1.807) is 12.1 Å². The lowest BCUT2D eigenvalue weighted by Crippen LogP contribution is -2.31. The van der Waals surface area contributed by atoms with Crippen molar-refractivity contribution in [2.24, 2.45) is 5.92 Å². The smallest absolute Gasteiger partial charge is 0.227 e. The van der Waals surface area contributed by atoms with Crippen LogP contribution in [0.2, 0.25) is 0 Å². The minimum absolute atomic E-state index is 0.0568. The van der Waals surface area contributed by atoms with Gasteiger partial charge in [0.25, 0.3) is 0 Å². The van der Waals surface area contributed by atoms with Crippen LogP contribution in [-0.2, 0) is 17.8 Å². The molecule has 1 aliphatic heterocycles. The lowest BCUT2D eigenvalue weighted by atomic mass is 10.1. The molecule has 0 saturated carbocycles. The molecule has 0 radical (unpaired) electrons. The van der Waals surface area contributed by atoms with Gasteiger partial charge in [-0.3, -0.25) is 9.69 Å². The number of likely N-dealkylation sites (tertiary alicyclic amines) is 1. The minimum Gasteiger partial charge on any atom is -0.361 e. The van der Waals surface area contributed by atoms with Gasteiger partial charge in [0.1, 0.15) is 11.6 Å². The molecule has 1 N–H and O–H groups in total. The van der Waals surface area contributed by atoms with Crippen molar-refractivity contribution in [2.45, 2.75) is 26.3 Å². The molecule has 0 aliphatic carbocycles. The Morgan fingerprint density at radius 1 is 1.46 bits per heavy atom. The van der Waals surface area contributed by atoms with E-state index in [1.807, 2.05) is 19.1 Å². The molecule has 6 heteroatoms. The molecule has 1 amide bonds. The van der Waals surface area contributed by atoms with Crippen molar-refractivity contribution in [2.75, 3.05) is 19.6 Å². The van der Waals surface area contributed by atoms with Crippen molar-refractivity contribution >= 4 is 5.91 Å². The highest BCUT2D eigenvalue weighted by Gasteiger charge is 2.23. The number of amides is 1. The Kier molecular flexibility index (Phi) is 5.25. The summed E-state index contributed by atoms with van der Waals surface area (Å²) in [6, 6.07) is 8.65. The number of carbonyl (C=O) groups is 1. The van der Waals surface area contributed by atoms with Crippen LogP contribution < -0.4 is 5.32 Å². The Balaban J connectivity index is 1.41. The summed E-state index contributed by atoms with van der Waals surface area (Å²) in [5.41, 5.74) is 1.50. The summed E-state index contributed by atoms with van der Waals surface area (Å²) in [6.45, 7) is 4.88. The Labute approximate surface area is 140 Å². The summed E-state index contributed by atoms with van der Waals surface area (Å²) in [4.78, 5) is 14.2. The van der Waals surface area contributed by atoms with Gasteiger partial charge >= 0.3 is 0 Å². The number of hydrogen-bond acceptors (Lipinski definition) is 4. The van der Waals surface area contributed by atoms with E-state index in [9.17, 15) is 9.18 Å². The van der Waals surface area contributed by atoms with Crippen LogP contribution in [-0.4, -0.2) is 35.6 Å². The highest BCUT2D eigenvalue weighted by atomic mass is 19.1. The van der Waals surface area contributed by atoms with E-state index < -0.39 is 0 Å². The average molecular weight is 331 g/mol. The minimum atomic E-state index is -0.156. The largest absolute Gasteiger partial charge is 0.361 e. The molecule has 1 aromatic heterocycles. The molecule has 1 aliphatic rings. The number of carbonyl (C=O) groups excluding carboxylic acids is 1. The topological polar surface area (TPSA) is 58.4 Å². The van der Waals surface area contributed by atoms with Gasteiger partial charge in [0, 0.05) is 31.3 Å². The second kappa shape index (κ2) is 7.57. The van der Waals surface area contributed by atoms with Gasteiger partial charge in [-0.05, 0) is 31.9 Å². The molecule has 3 rings (SSSR count). The second-order valence-corrected chi connectivity index (χ2v) is 6.40. The van der Waals surface area contributed by atoms with Gasteiger partial charge in [-0.15, -0.1) is 0 Å². The van der Waals surface area contributed by atoms with Crippen molar-refractivity contribution in [3.05, 3.63) is 53.2 Å². The number of aryl methyl sites for hydroxylation is 1. The maximum atomic E-state index is 13.7. The first-order chi connectivity index (χ1) is 11.6. The van der Waals surface area contributed by atoms with Crippen LogP contribution in [0.5, 0.6) is 0 Å². The molecule has 2 aromatic rings. The number of halogens is 1. The zero-order chi connectivity index (χ0) is 16.9. The first-order valence-corrected chi connectivity index (χ1v) is 8.25. The average Bonchev–Trinajstić information content (AvgIpc) is 3.17. The number of aromatic nitrogens is 1. The van der Waals surface area contributed by atoms with Crippen LogP contribution in [0.4, 0.5) is 4.39 Å². The molecule has 1 aromatic carbocycles. The summed E-state index contributed by atoms with van der Waals surface area (Å²) >= 11 is 0. The predicted molar refractivity (Wildman–Crippen MR) is 87.7 cm³/mol. The lowest BCUT2D eigenvalue weighted by molar-refractivity contribution is -0.120. The summed E-state index contributed by atoms with van der Waals surface area (Å²) < 4.78 is 18.8. The molecule has 24 heavy (non-hydrogen) atoms. The third kappa shape index (κ3) is 4.41. The van der Waals surface area contributed by atoms with Gasteiger partial charge in [-0.25, -0.2) is 4.39 Å². The van der Waals surface area contributed by atoms with Crippen LogP contribution in [0.15, 0.2) is 34.9 Å². The van der Waals surface area contributed by atoms with Crippen LogP contribution >= 0.6 is 0 Å². The molecule has 0 unspecified atom stereocenters. The molecule has 1 saturated heterocycles. The van der Waals surface area contributed by atoms with Crippen LogP contribution in [0.1, 0.15) is 23.4 Å². The molecular formula is C18H22FN3O2. The molecule has 0 spiro atoms. The molecule has 1 fully saturated rings. The standard InChI is InChI=1S/C18H22FN3O2/c1-13-8-16(24-21-13)9-18(23)20-10-14-6-7-22(11-14)12-15-4-2-3-5-17(15)19/h2-5,8,14H,6-7,9-12H2,1H3,(H,20,23)/t14-/m1/s1. The number of hydrogen-bond donors (Lipinski definition) is 1. The van der Waals surface area contributed by atoms with E-state index in [2.05, 4.69) is 15.4 Å². The quantitative estimate of drug-likeness (QED) is 0.882. The molecule has 5 nitrogen and oxygen atoms in total. The fraction of sp³-hybridized carbons (Fsp3) is 0.444. The van der Waals surface area contributed by atoms with Crippen molar-refractivity contribution in [1.82, 2.24) is 15.4 Å². The molecule has 2 heterocycles. The first-order valence-electron chi connectivity index (χ1n) is 8.25. The molecule has 128 valence electrons. The summed E-state index contributed by atoms with van der Waals surface area (Å²) in [5.74, 6) is 0.769. The van der Waals surface area contributed by atoms with Gasteiger partial charge in [0.05, 0.1) is 12.1 Å². The van der Waals surface area contributed by atoms with E-state index in [1.165, 1.54) is 6.07 Å². The van der Waals surface area contributed by atoms with E-state index in [-0.39, 0.29) is 18.1 Å². The van der Waals surface area contributed by atoms with Gasteiger partial charge in [-0.2, -0.15) is 0 Å². The van der Waals surface area contributed by atoms with Gasteiger partial charge in [0.2, 0.25) is 5.91 Å². The van der Waals surface area contributed by atoms with Crippen molar-refractivity contribution in [3.8, 4) is 0 Å². The summed E-state index contributed by atoms with van der Waals surface area (Å²) in [6.07, 6.45) is 1.22. The zero-order valence-electron chi connectivity index (χ0n) is 13.8. The van der Waals surface area contributed by atoms with Crippen molar-refractivity contribution in [3.63, 3.8) is 0 Å². The maximum Gasteiger partial charge on any atom is 0.227 e. The Bertz CT molecular complexity index is 701. The van der Waals surface area contributed by atoms with Crippen molar-refractivity contribution in [1.29, 1.82) is 0 Å². The van der Waals surface area contributed by atoms with Crippen LogP contribution in [0.3, 0.4) is 0 Å². The Hall–Kier alpha value is -2.21. The maximum absolute atomic E-state index is 13.7. The van der Waals surface area contributed by atoms with Crippen LogP contribution in [0, 0.1) is 18.7 Å². The first kappa shape index (κ1) is 16.6. The third-order valence-electron chi connectivity index (χ3n) is 4.32. The summed E-state index contributed by atoms with van der Waals surface area (Å²) in [7, 11) is 0. The van der Waals surface area contributed by atoms with Gasteiger partial charge in [-0.1, -0.05) is 23.4 Å². The van der Waals surface area contributed by atoms with Crippen LogP contribution in [0.25, 0.3) is 0 Å². The second-order valence-electron chi connectivity index (χ2n) is 6.40. The summed E-state index contributed by atoms with van der Waals surface area (Å²) in [5, 5.41) is 6.72. The Morgan fingerprint density at radius 2 is 2.29 bits per heavy atom. The lowest BCUT2D eigenvalue weighted by Gasteiger charge is -2.16. The molecule has 0 bridgehead atoms. The number of nitrogens with zero attached hydrogens (tertiary/aromatic N) is 2. The third-order valence-corrected chi connectivity index (χ3v) is 4.32. The Morgan fingerprint density at radius 3 is 3.04 bits per heavy atom. The normalized spacial score (nSPS) is 18.0. The van der Waals surface area contributed by atoms with E-state index in [0.717, 1.165) is 30.8 Å². The fourth-order valence-electron chi connectivity index (χ4n) is 3.07. The number of rotatable bonds is 6. The van der Waals surface area contributed by atoms with Crippen molar-refractivity contribution < 1.29 is 13.7 Å². The number of nitrogens with one attached hydrogen (secondary N) is 1. The van der Waals surface area contributed by atoms with E-state index in [0.29, 0.717) is 24.8 Å². The molecule has 1 atom stereocenters. The SMILES string of the molecule is Cc1cc(CC(=O)NC[C@H]2CCN(Cc3ccccc3F)C2)on1. The van der Waals surface area contributed by atoms with E-state index >= 15 is 0 Å². The fourth-order valence-corrected chi connectivity index (χ4v) is 3.07. The molecular weight excluding hydrogens is 309 g/mol. The van der Waals surface area contributed by atoms with Gasteiger partial charge in [0.15, 0.2) is 0 Å².